The minimum Gasteiger partial charge on any atom is -0.507 e. The number of aryl methyl sites for hydroxylation is 1. The number of nitro benzene ring substituents is 1. The van der Waals surface area contributed by atoms with E-state index in [0.717, 1.165) is 12.8 Å². The lowest BCUT2D eigenvalue weighted by atomic mass is 9.93. The van der Waals surface area contributed by atoms with Crippen LogP contribution in [0.2, 0.25) is 0 Å². The van der Waals surface area contributed by atoms with Crippen LogP contribution in [0.4, 0.5) is 5.69 Å². The van der Waals surface area contributed by atoms with E-state index >= 15 is 0 Å². The highest BCUT2D eigenvalue weighted by molar-refractivity contribution is 6.46. The van der Waals surface area contributed by atoms with E-state index in [0.29, 0.717) is 34.6 Å². The number of aromatic nitrogens is 1. The molecule has 1 amide bonds. The lowest BCUT2D eigenvalue weighted by Gasteiger charge is -2.25. The van der Waals surface area contributed by atoms with Crippen molar-refractivity contribution in [2.24, 2.45) is 0 Å². The maximum Gasteiger partial charge on any atom is 0.295 e. The van der Waals surface area contributed by atoms with Gasteiger partial charge in [0.2, 0.25) is 0 Å². The number of carbonyl (C=O) groups excluding carboxylic acids is 2. The first-order chi connectivity index (χ1) is 17.8. The number of aliphatic hydroxyl groups excluding tert-OH is 1. The summed E-state index contributed by atoms with van der Waals surface area (Å²) in [5, 5.41) is 22.8. The molecular formula is C28H27N3O6. The van der Waals surface area contributed by atoms with Crippen LogP contribution in [0.1, 0.15) is 48.1 Å². The summed E-state index contributed by atoms with van der Waals surface area (Å²) in [5.74, 6) is -1.38. The van der Waals surface area contributed by atoms with Crippen LogP contribution in [0, 0.1) is 17.0 Å². The van der Waals surface area contributed by atoms with Crippen molar-refractivity contribution in [1.82, 2.24) is 9.88 Å². The number of amides is 1. The molecule has 0 radical (unpaired) electrons. The van der Waals surface area contributed by atoms with Gasteiger partial charge in [-0.2, -0.15) is 0 Å². The minimum absolute atomic E-state index is 0.0335. The SMILES string of the molecule is CCCCOc1ccc(C(O)=C2C(=O)C(=O)N(Cc3cccnc3)[C@H]2c2cccc([N+](=O)[O-])c2)c(C)c1. The van der Waals surface area contributed by atoms with Crippen LogP contribution < -0.4 is 4.74 Å². The van der Waals surface area contributed by atoms with Crippen molar-refractivity contribution < 1.29 is 24.4 Å². The van der Waals surface area contributed by atoms with Crippen LogP contribution in [0.3, 0.4) is 0 Å². The Labute approximate surface area is 214 Å². The number of rotatable bonds is 9. The molecule has 2 aromatic carbocycles. The number of ketones is 1. The summed E-state index contributed by atoms with van der Waals surface area (Å²) < 4.78 is 5.74. The van der Waals surface area contributed by atoms with E-state index in [-0.39, 0.29) is 23.6 Å². The standard InChI is InChI=1S/C28H27N3O6/c1-3-4-13-37-22-10-11-23(18(2)14-22)26(32)24-25(20-8-5-9-21(15-20)31(35)36)30(28(34)27(24)33)17-19-7-6-12-29-16-19/h5-12,14-16,25,32H,3-4,13,17H2,1-2H3/t25-/m0/s1. The van der Waals surface area contributed by atoms with E-state index in [4.69, 9.17) is 4.74 Å². The summed E-state index contributed by atoms with van der Waals surface area (Å²) in [5.41, 5.74) is 1.73. The molecule has 190 valence electrons. The summed E-state index contributed by atoms with van der Waals surface area (Å²) in [4.78, 5) is 42.8. The van der Waals surface area contributed by atoms with Gasteiger partial charge in [0.05, 0.1) is 23.1 Å². The fourth-order valence-corrected chi connectivity index (χ4v) is 4.36. The van der Waals surface area contributed by atoms with Gasteiger partial charge in [-0.1, -0.05) is 31.5 Å². The lowest BCUT2D eigenvalue weighted by molar-refractivity contribution is -0.384. The number of nitro groups is 1. The largest absolute Gasteiger partial charge is 0.507 e. The summed E-state index contributed by atoms with van der Waals surface area (Å²) in [7, 11) is 0. The summed E-state index contributed by atoms with van der Waals surface area (Å²) in [6, 6.07) is 13.3. The average Bonchev–Trinajstić information content (AvgIpc) is 3.14. The van der Waals surface area contributed by atoms with Gasteiger partial charge in [-0.25, -0.2) is 0 Å². The van der Waals surface area contributed by atoms with Crippen LogP contribution in [-0.4, -0.2) is 38.2 Å². The third-order valence-electron chi connectivity index (χ3n) is 6.23. The van der Waals surface area contributed by atoms with Crippen LogP contribution in [0.15, 0.2) is 72.6 Å². The van der Waals surface area contributed by atoms with Crippen molar-refractivity contribution in [3.05, 3.63) is 105 Å². The molecule has 1 atom stereocenters. The van der Waals surface area contributed by atoms with Crippen molar-refractivity contribution >= 4 is 23.1 Å². The van der Waals surface area contributed by atoms with Gasteiger partial charge in [-0.15, -0.1) is 0 Å². The van der Waals surface area contributed by atoms with Crippen LogP contribution in [0.25, 0.3) is 5.76 Å². The molecule has 4 rings (SSSR count). The molecule has 9 nitrogen and oxygen atoms in total. The zero-order valence-electron chi connectivity index (χ0n) is 20.6. The predicted molar refractivity (Wildman–Crippen MR) is 137 cm³/mol. The van der Waals surface area contributed by atoms with Gasteiger partial charge in [0.1, 0.15) is 11.5 Å². The number of hydrogen-bond donors (Lipinski definition) is 1. The first-order valence-electron chi connectivity index (χ1n) is 12.0. The lowest BCUT2D eigenvalue weighted by Crippen LogP contribution is -2.29. The molecule has 1 saturated heterocycles. The Bertz CT molecular complexity index is 1370. The number of pyridine rings is 1. The van der Waals surface area contributed by atoms with Crippen LogP contribution >= 0.6 is 0 Å². The van der Waals surface area contributed by atoms with Gasteiger partial charge in [0.15, 0.2) is 0 Å². The van der Waals surface area contributed by atoms with E-state index in [1.54, 1.807) is 55.7 Å². The Kier molecular flexibility index (Phi) is 7.62. The molecule has 37 heavy (non-hydrogen) atoms. The number of likely N-dealkylation sites (tertiary alicyclic amines) is 1. The van der Waals surface area contributed by atoms with Crippen molar-refractivity contribution in [1.29, 1.82) is 0 Å². The van der Waals surface area contributed by atoms with Crippen LogP contribution in [0.5, 0.6) is 5.75 Å². The molecule has 1 aliphatic rings. The Morgan fingerprint density at radius 3 is 2.65 bits per heavy atom. The zero-order valence-corrected chi connectivity index (χ0v) is 20.6. The van der Waals surface area contributed by atoms with Gasteiger partial charge in [-0.05, 0) is 54.3 Å². The molecule has 0 saturated carbocycles. The van der Waals surface area contributed by atoms with Gasteiger partial charge < -0.3 is 14.7 Å². The van der Waals surface area contributed by atoms with Crippen molar-refractivity contribution in [3.8, 4) is 5.75 Å². The highest BCUT2D eigenvalue weighted by atomic mass is 16.6. The molecule has 0 spiro atoms. The molecule has 1 fully saturated rings. The van der Waals surface area contributed by atoms with Crippen molar-refractivity contribution in [2.45, 2.75) is 39.3 Å². The Hall–Kier alpha value is -4.53. The average molecular weight is 502 g/mol. The maximum atomic E-state index is 13.3. The summed E-state index contributed by atoms with van der Waals surface area (Å²) >= 11 is 0. The number of carbonyl (C=O) groups is 2. The van der Waals surface area contributed by atoms with E-state index < -0.39 is 22.7 Å². The molecular weight excluding hydrogens is 474 g/mol. The molecule has 1 N–H and O–H groups in total. The number of non-ortho nitro benzene ring substituents is 1. The van der Waals surface area contributed by atoms with Gasteiger partial charge in [-0.3, -0.25) is 24.7 Å². The molecule has 0 unspecified atom stereocenters. The maximum absolute atomic E-state index is 13.3. The second-order valence-electron chi connectivity index (χ2n) is 8.82. The number of benzene rings is 2. The first-order valence-corrected chi connectivity index (χ1v) is 12.0. The van der Waals surface area contributed by atoms with Crippen molar-refractivity contribution in [2.75, 3.05) is 6.61 Å². The van der Waals surface area contributed by atoms with Gasteiger partial charge in [0, 0.05) is 36.6 Å². The smallest absolute Gasteiger partial charge is 0.295 e. The number of hydrogen-bond acceptors (Lipinski definition) is 7. The number of Topliss-reactive ketones (excluding diaryl/α,β-unsaturated/α-hetero) is 1. The van der Waals surface area contributed by atoms with Gasteiger partial charge in [0.25, 0.3) is 17.4 Å². The van der Waals surface area contributed by atoms with Crippen molar-refractivity contribution in [3.63, 3.8) is 0 Å². The summed E-state index contributed by atoms with van der Waals surface area (Å²) in [6.07, 6.45) is 5.07. The van der Waals surface area contributed by atoms with Gasteiger partial charge >= 0.3 is 0 Å². The van der Waals surface area contributed by atoms with E-state index in [9.17, 15) is 24.8 Å². The monoisotopic (exact) mass is 501 g/mol. The molecule has 3 aromatic rings. The molecule has 1 aliphatic heterocycles. The molecule has 0 aliphatic carbocycles. The molecule has 0 bridgehead atoms. The molecule has 1 aromatic heterocycles. The predicted octanol–water partition coefficient (Wildman–Crippen LogP) is 5.10. The normalized spacial score (nSPS) is 16.7. The second kappa shape index (κ2) is 11.0. The Morgan fingerprint density at radius 2 is 1.97 bits per heavy atom. The number of unbranched alkanes of at least 4 members (excludes halogenated alkanes) is 1. The summed E-state index contributed by atoms with van der Waals surface area (Å²) in [6.45, 7) is 4.44. The highest BCUT2D eigenvalue weighted by Gasteiger charge is 2.46. The minimum atomic E-state index is -1.03. The molecule has 2 heterocycles. The molecule has 9 heteroatoms. The Morgan fingerprint density at radius 1 is 1.16 bits per heavy atom. The fourth-order valence-electron chi connectivity index (χ4n) is 4.36. The van der Waals surface area contributed by atoms with E-state index in [1.807, 2.05) is 0 Å². The zero-order chi connectivity index (χ0) is 26.5. The van der Waals surface area contributed by atoms with E-state index in [1.165, 1.54) is 23.1 Å². The third kappa shape index (κ3) is 5.35. The second-order valence-corrected chi connectivity index (χ2v) is 8.82. The van der Waals surface area contributed by atoms with E-state index in [2.05, 4.69) is 11.9 Å². The first kappa shape index (κ1) is 25.6. The third-order valence-corrected chi connectivity index (χ3v) is 6.23. The highest BCUT2D eigenvalue weighted by Crippen LogP contribution is 2.41. The fraction of sp³-hybridized carbons (Fsp3) is 0.250. The number of nitrogens with zero attached hydrogens (tertiary/aromatic N) is 3. The van der Waals surface area contributed by atoms with Crippen LogP contribution in [-0.2, 0) is 16.1 Å². The topological polar surface area (TPSA) is 123 Å². The number of aliphatic hydroxyl groups is 1. The number of ether oxygens (including phenoxy) is 1. The Balaban J connectivity index is 1.82. The quantitative estimate of drug-likeness (QED) is 0.108.